The van der Waals surface area contributed by atoms with Gasteiger partial charge in [-0.3, -0.25) is 14.9 Å². The average Bonchev–Trinajstić information content (AvgIpc) is 2.64. The number of dihydropyridines is 1. The normalized spacial score (nSPS) is 16.3. The van der Waals surface area contributed by atoms with Crippen LogP contribution in [0.5, 0.6) is 0 Å². The lowest BCUT2D eigenvalue weighted by atomic mass is 9.80. The molecule has 0 amide bonds. The first kappa shape index (κ1) is 22.8. The van der Waals surface area contributed by atoms with E-state index in [4.69, 9.17) is 9.47 Å². The van der Waals surface area contributed by atoms with Gasteiger partial charge in [-0.1, -0.05) is 12.1 Å². The van der Waals surface area contributed by atoms with Crippen molar-refractivity contribution in [3.05, 3.63) is 62.5 Å². The second-order valence-electron chi connectivity index (χ2n) is 7.22. The number of nitro benzene ring substituents is 1. The van der Waals surface area contributed by atoms with E-state index in [0.29, 0.717) is 17.0 Å². The minimum Gasteiger partial charge on any atom is -0.460 e. The molecule has 1 aromatic rings. The number of carbonyl (C=O) groups is 3. The van der Waals surface area contributed by atoms with Crippen molar-refractivity contribution in [2.45, 2.75) is 46.6 Å². The van der Waals surface area contributed by atoms with Crippen LogP contribution in [0.3, 0.4) is 0 Å². The molecular formula is C21H24N2O7. The van der Waals surface area contributed by atoms with Crippen molar-refractivity contribution >= 4 is 23.4 Å². The molecule has 0 spiro atoms. The number of allylic oxidation sites excluding steroid dienone is 2. The van der Waals surface area contributed by atoms with Crippen molar-refractivity contribution in [2.75, 3.05) is 6.61 Å². The Kier molecular flexibility index (Phi) is 7.10. The van der Waals surface area contributed by atoms with Crippen LogP contribution in [-0.2, 0) is 23.9 Å². The number of hydrogen-bond acceptors (Lipinski definition) is 8. The summed E-state index contributed by atoms with van der Waals surface area (Å²) in [7, 11) is 0. The van der Waals surface area contributed by atoms with Gasteiger partial charge in [0.25, 0.3) is 5.69 Å². The smallest absolute Gasteiger partial charge is 0.337 e. The third kappa shape index (κ3) is 5.11. The molecule has 160 valence electrons. The van der Waals surface area contributed by atoms with Crippen molar-refractivity contribution in [1.29, 1.82) is 0 Å². The SMILES string of the molecule is CC(=O)COC(=O)C1=C(C)NC(C)=C(C(=O)OC(C)C)C1c1cccc([N+](=O)[O-])c1. The summed E-state index contributed by atoms with van der Waals surface area (Å²) < 4.78 is 10.4. The number of hydrogen-bond donors (Lipinski definition) is 1. The van der Waals surface area contributed by atoms with E-state index >= 15 is 0 Å². The molecule has 0 radical (unpaired) electrons. The van der Waals surface area contributed by atoms with Crippen LogP contribution in [0.2, 0.25) is 0 Å². The lowest BCUT2D eigenvalue weighted by molar-refractivity contribution is -0.384. The van der Waals surface area contributed by atoms with E-state index in [2.05, 4.69) is 5.32 Å². The summed E-state index contributed by atoms with van der Waals surface area (Å²) in [6.07, 6.45) is -0.413. The minimum absolute atomic E-state index is 0.0815. The highest BCUT2D eigenvalue weighted by atomic mass is 16.6. The van der Waals surface area contributed by atoms with Crippen LogP contribution in [-0.4, -0.2) is 35.4 Å². The lowest BCUT2D eigenvalue weighted by Gasteiger charge is -2.30. The highest BCUT2D eigenvalue weighted by molar-refractivity contribution is 6.00. The van der Waals surface area contributed by atoms with Gasteiger partial charge in [0, 0.05) is 23.5 Å². The molecule has 0 fully saturated rings. The van der Waals surface area contributed by atoms with Crippen LogP contribution in [0.15, 0.2) is 46.8 Å². The number of carbonyl (C=O) groups excluding carboxylic acids is 3. The zero-order valence-electron chi connectivity index (χ0n) is 17.5. The van der Waals surface area contributed by atoms with E-state index in [1.807, 2.05) is 0 Å². The summed E-state index contributed by atoms with van der Waals surface area (Å²) in [6.45, 7) is 7.52. The van der Waals surface area contributed by atoms with Gasteiger partial charge in [0.15, 0.2) is 5.78 Å². The van der Waals surface area contributed by atoms with Crippen LogP contribution < -0.4 is 5.32 Å². The third-order valence-electron chi connectivity index (χ3n) is 4.36. The summed E-state index contributed by atoms with van der Waals surface area (Å²) in [6, 6.07) is 5.68. The summed E-state index contributed by atoms with van der Waals surface area (Å²) in [5.41, 5.74) is 1.27. The van der Waals surface area contributed by atoms with Gasteiger partial charge in [-0.05, 0) is 40.2 Å². The first-order valence-corrected chi connectivity index (χ1v) is 9.33. The van der Waals surface area contributed by atoms with Crippen molar-refractivity contribution < 1.29 is 28.8 Å². The van der Waals surface area contributed by atoms with E-state index in [1.54, 1.807) is 33.8 Å². The molecule has 0 aliphatic carbocycles. The molecule has 0 aromatic heterocycles. The maximum absolute atomic E-state index is 12.9. The summed E-state index contributed by atoms with van der Waals surface area (Å²) >= 11 is 0. The van der Waals surface area contributed by atoms with E-state index in [9.17, 15) is 24.5 Å². The highest BCUT2D eigenvalue weighted by Gasteiger charge is 2.38. The van der Waals surface area contributed by atoms with E-state index in [-0.39, 0.29) is 22.6 Å². The molecule has 9 heteroatoms. The Labute approximate surface area is 173 Å². The third-order valence-corrected chi connectivity index (χ3v) is 4.36. The monoisotopic (exact) mass is 416 g/mol. The van der Waals surface area contributed by atoms with Gasteiger partial charge >= 0.3 is 11.9 Å². The van der Waals surface area contributed by atoms with Crippen molar-refractivity contribution in [3.8, 4) is 0 Å². The summed E-state index contributed by atoms with van der Waals surface area (Å²) in [4.78, 5) is 47.7. The fourth-order valence-corrected chi connectivity index (χ4v) is 3.21. The number of non-ortho nitro benzene ring substituents is 1. The largest absolute Gasteiger partial charge is 0.460 e. The van der Waals surface area contributed by atoms with Crippen molar-refractivity contribution in [2.24, 2.45) is 0 Å². The Morgan fingerprint density at radius 3 is 2.27 bits per heavy atom. The molecular weight excluding hydrogens is 392 g/mol. The van der Waals surface area contributed by atoms with Crippen molar-refractivity contribution in [1.82, 2.24) is 5.32 Å². The van der Waals surface area contributed by atoms with Gasteiger partial charge in [-0.25, -0.2) is 9.59 Å². The fourth-order valence-electron chi connectivity index (χ4n) is 3.21. The molecule has 0 saturated heterocycles. The number of benzene rings is 1. The molecule has 1 atom stereocenters. The highest BCUT2D eigenvalue weighted by Crippen LogP contribution is 2.40. The number of rotatable bonds is 7. The quantitative estimate of drug-likeness (QED) is 0.409. The van der Waals surface area contributed by atoms with E-state index in [1.165, 1.54) is 25.1 Å². The van der Waals surface area contributed by atoms with E-state index < -0.39 is 35.5 Å². The first-order chi connectivity index (χ1) is 14.0. The number of Topliss-reactive ketones (excluding diaryl/α,β-unsaturated/α-hetero) is 1. The Hall–Kier alpha value is -3.49. The van der Waals surface area contributed by atoms with Gasteiger partial charge in [0.1, 0.15) is 6.61 Å². The van der Waals surface area contributed by atoms with Crippen LogP contribution in [0, 0.1) is 10.1 Å². The fraction of sp³-hybridized carbons (Fsp3) is 0.381. The van der Waals surface area contributed by atoms with Crippen LogP contribution in [0.4, 0.5) is 5.69 Å². The maximum Gasteiger partial charge on any atom is 0.337 e. The number of nitrogens with zero attached hydrogens (tertiary/aromatic N) is 1. The molecule has 2 rings (SSSR count). The number of ketones is 1. The number of ether oxygens (including phenoxy) is 2. The van der Waals surface area contributed by atoms with E-state index in [0.717, 1.165) is 0 Å². The molecule has 1 N–H and O–H groups in total. The molecule has 1 aliphatic rings. The molecule has 9 nitrogen and oxygen atoms in total. The van der Waals surface area contributed by atoms with Gasteiger partial charge in [-0.2, -0.15) is 0 Å². The lowest BCUT2D eigenvalue weighted by Crippen LogP contribution is -2.33. The minimum atomic E-state index is -0.961. The standard InChI is InChI=1S/C21H24N2O7/c1-11(2)30-21(26)18-14(5)22-13(4)17(20(25)29-10-12(3)24)19(18)15-7-6-8-16(9-15)23(27)28/h6-9,11,19,22H,10H2,1-5H3. The predicted molar refractivity (Wildman–Crippen MR) is 107 cm³/mol. The molecule has 30 heavy (non-hydrogen) atoms. The van der Waals surface area contributed by atoms with Gasteiger partial charge in [0.2, 0.25) is 0 Å². The summed E-state index contributed by atoms with van der Waals surface area (Å²) in [5, 5.41) is 14.2. The zero-order valence-corrected chi connectivity index (χ0v) is 17.5. The molecule has 0 bridgehead atoms. The average molecular weight is 416 g/mol. The topological polar surface area (TPSA) is 125 Å². The molecule has 1 aliphatic heterocycles. The second-order valence-corrected chi connectivity index (χ2v) is 7.22. The molecule has 1 unspecified atom stereocenters. The Balaban J connectivity index is 2.64. The number of nitrogens with one attached hydrogen (secondary N) is 1. The van der Waals surface area contributed by atoms with Crippen molar-refractivity contribution in [3.63, 3.8) is 0 Å². The van der Waals surface area contributed by atoms with Gasteiger partial charge in [-0.15, -0.1) is 0 Å². The number of nitro groups is 1. The summed E-state index contributed by atoms with van der Waals surface area (Å²) in [5.74, 6) is -2.76. The molecule has 0 saturated carbocycles. The van der Waals surface area contributed by atoms with Crippen LogP contribution in [0.25, 0.3) is 0 Å². The van der Waals surface area contributed by atoms with Crippen LogP contribution >= 0.6 is 0 Å². The second kappa shape index (κ2) is 9.34. The van der Waals surface area contributed by atoms with Crippen LogP contribution in [0.1, 0.15) is 46.1 Å². The van der Waals surface area contributed by atoms with Gasteiger partial charge in [0.05, 0.1) is 28.1 Å². The zero-order chi connectivity index (χ0) is 22.6. The number of esters is 2. The molecule has 1 aromatic carbocycles. The van der Waals surface area contributed by atoms with Gasteiger partial charge < -0.3 is 14.8 Å². The Morgan fingerprint density at radius 1 is 1.13 bits per heavy atom. The first-order valence-electron chi connectivity index (χ1n) is 9.33. The maximum atomic E-state index is 12.9. The predicted octanol–water partition coefficient (Wildman–Crippen LogP) is 2.91. The Bertz CT molecular complexity index is 960. The Morgan fingerprint density at radius 2 is 1.73 bits per heavy atom. The molecule has 1 heterocycles.